The summed E-state index contributed by atoms with van der Waals surface area (Å²) in [5.41, 5.74) is 6.06. The molecule has 3 nitrogen and oxygen atoms in total. The van der Waals surface area contributed by atoms with Crippen molar-refractivity contribution in [3.63, 3.8) is 0 Å². The normalized spacial score (nSPS) is 13.2. The predicted molar refractivity (Wildman–Crippen MR) is 67.7 cm³/mol. The molecule has 4 heteroatoms. The Morgan fingerprint density at radius 2 is 2.00 bits per heavy atom. The minimum atomic E-state index is -0.269. The first kappa shape index (κ1) is 13.6. The number of hydrogen-bond acceptors (Lipinski definition) is 4. The van der Waals surface area contributed by atoms with Gasteiger partial charge in [-0.15, -0.1) is 11.3 Å². The molecule has 1 aromatic rings. The van der Waals surface area contributed by atoms with E-state index in [0.717, 1.165) is 12.8 Å². The molecule has 1 heterocycles. The first-order chi connectivity index (χ1) is 7.77. The third kappa shape index (κ3) is 4.61. The van der Waals surface area contributed by atoms with Crippen LogP contribution in [0.5, 0.6) is 0 Å². The molecule has 0 radical (unpaired) electrons. The summed E-state index contributed by atoms with van der Waals surface area (Å²) in [7, 11) is 0. The maximum absolute atomic E-state index is 6.06. The van der Waals surface area contributed by atoms with Crippen molar-refractivity contribution in [2.45, 2.75) is 39.0 Å². The summed E-state index contributed by atoms with van der Waals surface area (Å²) in [5, 5.41) is 2.09. The van der Waals surface area contributed by atoms with Crippen LogP contribution in [0.1, 0.15) is 25.1 Å². The second-order valence-electron chi connectivity index (χ2n) is 3.56. The van der Waals surface area contributed by atoms with E-state index in [1.807, 2.05) is 13.8 Å². The van der Waals surface area contributed by atoms with E-state index in [-0.39, 0.29) is 12.3 Å². The molecule has 0 fully saturated rings. The highest BCUT2D eigenvalue weighted by molar-refractivity contribution is 7.09. The third-order valence-electron chi connectivity index (χ3n) is 2.32. The lowest BCUT2D eigenvalue weighted by atomic mass is 10.1. The van der Waals surface area contributed by atoms with Gasteiger partial charge in [-0.25, -0.2) is 0 Å². The van der Waals surface area contributed by atoms with Gasteiger partial charge in [0, 0.05) is 18.1 Å². The number of aryl methyl sites for hydroxylation is 1. The standard InChI is InChI=1S/C12H21NO2S/c1-3-14-12(15-4-2)11(13)8-7-10-6-5-9-16-10/h5-6,9,11-12H,3-4,7-8,13H2,1-2H3. The molecular formula is C12H21NO2S. The second-order valence-corrected chi connectivity index (χ2v) is 4.59. The fourth-order valence-corrected chi connectivity index (χ4v) is 2.25. The van der Waals surface area contributed by atoms with Crippen molar-refractivity contribution in [2.75, 3.05) is 13.2 Å². The highest BCUT2D eigenvalue weighted by atomic mass is 32.1. The molecule has 1 unspecified atom stereocenters. The van der Waals surface area contributed by atoms with E-state index in [4.69, 9.17) is 15.2 Å². The summed E-state index contributed by atoms with van der Waals surface area (Å²) in [6.45, 7) is 5.19. The van der Waals surface area contributed by atoms with Crippen LogP contribution in [-0.2, 0) is 15.9 Å². The van der Waals surface area contributed by atoms with E-state index in [9.17, 15) is 0 Å². The maximum atomic E-state index is 6.06. The number of ether oxygens (including phenoxy) is 2. The number of thiophene rings is 1. The lowest BCUT2D eigenvalue weighted by Gasteiger charge is -2.23. The van der Waals surface area contributed by atoms with E-state index < -0.39 is 0 Å². The summed E-state index contributed by atoms with van der Waals surface area (Å²) >= 11 is 1.77. The molecular weight excluding hydrogens is 222 g/mol. The molecule has 1 atom stereocenters. The average molecular weight is 243 g/mol. The van der Waals surface area contributed by atoms with Crippen LogP contribution in [-0.4, -0.2) is 25.5 Å². The van der Waals surface area contributed by atoms with Gasteiger partial charge in [-0.1, -0.05) is 6.07 Å². The van der Waals surface area contributed by atoms with Gasteiger partial charge in [-0.3, -0.25) is 0 Å². The van der Waals surface area contributed by atoms with E-state index in [1.54, 1.807) is 11.3 Å². The van der Waals surface area contributed by atoms with Crippen LogP contribution in [0.25, 0.3) is 0 Å². The minimum absolute atomic E-state index is 0.0537. The first-order valence-electron chi connectivity index (χ1n) is 5.79. The molecule has 16 heavy (non-hydrogen) atoms. The van der Waals surface area contributed by atoms with Gasteiger partial charge in [0.2, 0.25) is 0 Å². The zero-order chi connectivity index (χ0) is 11.8. The zero-order valence-corrected chi connectivity index (χ0v) is 10.8. The second kappa shape index (κ2) is 7.79. The Bertz CT molecular complexity index is 258. The Balaban J connectivity index is 2.33. The Labute approximate surface area is 102 Å². The van der Waals surface area contributed by atoms with Crippen LogP contribution < -0.4 is 5.73 Å². The largest absolute Gasteiger partial charge is 0.351 e. The summed E-state index contributed by atoms with van der Waals surface area (Å²) in [6, 6.07) is 4.14. The molecule has 0 saturated carbocycles. The lowest BCUT2D eigenvalue weighted by Crippen LogP contribution is -2.39. The van der Waals surface area contributed by atoms with Gasteiger partial charge in [-0.05, 0) is 38.1 Å². The molecule has 0 saturated heterocycles. The number of nitrogens with two attached hydrogens (primary N) is 1. The topological polar surface area (TPSA) is 44.5 Å². The summed E-state index contributed by atoms with van der Waals surface area (Å²) in [6.07, 6.45) is 1.62. The van der Waals surface area contributed by atoms with Gasteiger partial charge in [0.1, 0.15) is 0 Å². The van der Waals surface area contributed by atoms with Crippen LogP contribution in [0.15, 0.2) is 17.5 Å². The van der Waals surface area contributed by atoms with E-state index in [1.165, 1.54) is 4.88 Å². The molecule has 0 aromatic carbocycles. The molecule has 1 rings (SSSR count). The van der Waals surface area contributed by atoms with Gasteiger partial charge in [0.15, 0.2) is 6.29 Å². The van der Waals surface area contributed by atoms with E-state index in [0.29, 0.717) is 13.2 Å². The van der Waals surface area contributed by atoms with E-state index >= 15 is 0 Å². The zero-order valence-electron chi connectivity index (χ0n) is 10.0. The maximum Gasteiger partial charge on any atom is 0.172 e. The van der Waals surface area contributed by atoms with Crippen LogP contribution >= 0.6 is 11.3 Å². The molecule has 92 valence electrons. The molecule has 2 N–H and O–H groups in total. The van der Waals surface area contributed by atoms with Gasteiger partial charge >= 0.3 is 0 Å². The molecule has 0 aliphatic heterocycles. The van der Waals surface area contributed by atoms with E-state index in [2.05, 4.69) is 17.5 Å². The Morgan fingerprint density at radius 3 is 2.50 bits per heavy atom. The lowest BCUT2D eigenvalue weighted by molar-refractivity contribution is -0.149. The average Bonchev–Trinajstić information content (AvgIpc) is 2.78. The highest BCUT2D eigenvalue weighted by Gasteiger charge is 2.17. The molecule has 1 aromatic heterocycles. The van der Waals surface area contributed by atoms with Crippen molar-refractivity contribution in [3.05, 3.63) is 22.4 Å². The van der Waals surface area contributed by atoms with Crippen molar-refractivity contribution in [1.29, 1.82) is 0 Å². The van der Waals surface area contributed by atoms with Crippen molar-refractivity contribution in [2.24, 2.45) is 5.73 Å². The van der Waals surface area contributed by atoms with Crippen molar-refractivity contribution in [3.8, 4) is 0 Å². The molecule has 0 aliphatic rings. The highest BCUT2D eigenvalue weighted by Crippen LogP contribution is 2.13. The summed E-state index contributed by atoms with van der Waals surface area (Å²) in [4.78, 5) is 1.36. The van der Waals surface area contributed by atoms with Gasteiger partial charge in [0.05, 0.1) is 6.04 Å². The third-order valence-corrected chi connectivity index (χ3v) is 3.25. The molecule has 0 spiro atoms. The molecule has 0 amide bonds. The van der Waals surface area contributed by atoms with Gasteiger partial charge < -0.3 is 15.2 Å². The molecule has 0 bridgehead atoms. The van der Waals surface area contributed by atoms with Crippen LogP contribution in [0.3, 0.4) is 0 Å². The Morgan fingerprint density at radius 1 is 1.31 bits per heavy atom. The van der Waals surface area contributed by atoms with Crippen molar-refractivity contribution < 1.29 is 9.47 Å². The van der Waals surface area contributed by atoms with Crippen molar-refractivity contribution >= 4 is 11.3 Å². The van der Waals surface area contributed by atoms with Crippen LogP contribution in [0.2, 0.25) is 0 Å². The van der Waals surface area contributed by atoms with Gasteiger partial charge in [0.25, 0.3) is 0 Å². The Hall–Kier alpha value is -0.420. The number of hydrogen-bond donors (Lipinski definition) is 1. The van der Waals surface area contributed by atoms with Crippen LogP contribution in [0.4, 0.5) is 0 Å². The number of rotatable bonds is 8. The smallest absolute Gasteiger partial charge is 0.172 e. The van der Waals surface area contributed by atoms with Crippen molar-refractivity contribution in [1.82, 2.24) is 0 Å². The predicted octanol–water partition coefficient (Wildman–Crippen LogP) is 2.41. The summed E-state index contributed by atoms with van der Waals surface area (Å²) < 4.78 is 10.9. The van der Waals surface area contributed by atoms with Crippen LogP contribution in [0, 0.1) is 0 Å². The van der Waals surface area contributed by atoms with Gasteiger partial charge in [-0.2, -0.15) is 0 Å². The fourth-order valence-electron chi connectivity index (χ4n) is 1.52. The molecule has 0 aliphatic carbocycles. The summed E-state index contributed by atoms with van der Waals surface area (Å²) in [5.74, 6) is 0. The Kier molecular flexibility index (Phi) is 6.64. The quantitative estimate of drug-likeness (QED) is 0.713. The monoisotopic (exact) mass is 243 g/mol. The SMILES string of the molecule is CCOC(OCC)C(N)CCc1cccs1. The fraction of sp³-hybridized carbons (Fsp3) is 0.667. The minimum Gasteiger partial charge on any atom is -0.351 e. The first-order valence-corrected chi connectivity index (χ1v) is 6.67.